The molecule has 7 atom stereocenters. The topological polar surface area (TPSA) is 92.7 Å². The van der Waals surface area contributed by atoms with Gasteiger partial charge in [0.1, 0.15) is 10.6 Å². The molecule has 4 aliphatic rings. The second kappa shape index (κ2) is 13.9. The van der Waals surface area contributed by atoms with E-state index in [9.17, 15) is 19.5 Å². The molecule has 0 saturated heterocycles. The van der Waals surface area contributed by atoms with Crippen molar-refractivity contribution < 1.29 is 24.2 Å². The summed E-state index contributed by atoms with van der Waals surface area (Å²) in [6, 6.07) is 16.1. The van der Waals surface area contributed by atoms with Gasteiger partial charge in [0.05, 0.1) is 18.3 Å². The zero-order valence-electron chi connectivity index (χ0n) is 29.0. The van der Waals surface area contributed by atoms with Gasteiger partial charge in [-0.05, 0) is 128 Å². The third kappa shape index (κ3) is 6.20. The number of carbonyl (C=O) groups is 3. The van der Waals surface area contributed by atoms with Gasteiger partial charge in [0.25, 0.3) is 5.91 Å². The van der Waals surface area contributed by atoms with Gasteiger partial charge >= 0.3 is 5.97 Å². The van der Waals surface area contributed by atoms with E-state index < -0.39 is 11.9 Å². The number of halogens is 1. The maximum absolute atomic E-state index is 14.4. The number of benzene rings is 2. The highest BCUT2D eigenvalue weighted by Gasteiger charge is 2.59. The number of anilines is 1. The third-order valence-electron chi connectivity index (χ3n) is 12.7. The van der Waals surface area contributed by atoms with Crippen molar-refractivity contribution in [3.63, 3.8) is 0 Å². The highest BCUT2D eigenvalue weighted by atomic mass is 35.5. The molecule has 0 bridgehead atoms. The second-order valence-electron chi connectivity index (χ2n) is 15.2. The van der Waals surface area contributed by atoms with Gasteiger partial charge in [-0.2, -0.15) is 0 Å². The molecule has 262 valence electrons. The van der Waals surface area contributed by atoms with Crippen LogP contribution in [-0.2, 0) is 14.3 Å². The molecule has 3 fully saturated rings. The number of ether oxygens (including phenoxy) is 1. The molecule has 7 rings (SSSR count). The number of allylic oxidation sites excluding steroid dienone is 1. The number of aliphatic hydroxyl groups is 1. The first-order valence-corrected chi connectivity index (χ1v) is 19.3. The average molecular weight is 712 g/mol. The van der Waals surface area contributed by atoms with Crippen LogP contribution < -0.4 is 5.32 Å². The third-order valence-corrected chi connectivity index (χ3v) is 13.8. The number of hydrogen-bond donors (Lipinski definition) is 2. The molecular weight excluding hydrogens is 666 g/mol. The Bertz CT molecular complexity index is 1850. The van der Waals surface area contributed by atoms with Crippen LogP contribution in [0.4, 0.5) is 5.00 Å². The lowest BCUT2D eigenvalue weighted by atomic mass is 9.47. The summed E-state index contributed by atoms with van der Waals surface area (Å²) in [4.78, 5) is 41.5. The number of aliphatic hydroxyl groups excluding tert-OH is 1. The minimum atomic E-state index is -0.735. The predicted octanol–water partition coefficient (Wildman–Crippen LogP) is 9.62. The Hall–Kier alpha value is -3.52. The van der Waals surface area contributed by atoms with Gasteiger partial charge in [-0.25, -0.2) is 4.79 Å². The highest BCUT2D eigenvalue weighted by molar-refractivity contribution is 7.15. The SMILES string of the molecule is CCOC(=O)/C(=C\c1ccc(Cl)cc1)C(=O)Nc1scc([C@H]2CC[C@H]3[C@@H]4CC=C5C[C@@H](O)CC[C@]5(C)[C@H]4CC[C@]23C)c1C(=O)c1ccccc1. The molecule has 0 spiro atoms. The quantitative estimate of drug-likeness (QED) is 0.0606. The van der Waals surface area contributed by atoms with Gasteiger partial charge in [0.15, 0.2) is 5.78 Å². The molecular formula is C42H46ClNO5S. The molecule has 3 aromatic rings. The number of fused-ring (bicyclic) bond motifs is 5. The standard InChI is InChI=1S/C42H46ClNO5S/c1-4-49-40(48)31(22-25-10-13-28(43)14-11-25)38(47)44-39-36(37(46)26-8-6-5-7-9-26)32(24-50-39)34-17-16-33-30-15-12-27-23-29(45)18-20-41(27,2)35(30)19-21-42(33,34)3/h5-14,22,24,29-30,33-35,45H,4,15-21,23H2,1-3H3,(H,44,47)/b31-22-/t29-,30-,33-,34+,35-,41-,42-/m0/s1. The minimum Gasteiger partial charge on any atom is -0.462 e. The van der Waals surface area contributed by atoms with E-state index in [4.69, 9.17) is 16.3 Å². The van der Waals surface area contributed by atoms with Gasteiger partial charge in [-0.3, -0.25) is 9.59 Å². The molecule has 2 N–H and O–H groups in total. The van der Waals surface area contributed by atoms with E-state index in [1.165, 1.54) is 23.0 Å². The maximum atomic E-state index is 14.4. The van der Waals surface area contributed by atoms with Crippen molar-refractivity contribution in [2.45, 2.75) is 84.2 Å². The Labute approximate surface area is 304 Å². The van der Waals surface area contributed by atoms with E-state index in [-0.39, 0.29) is 40.8 Å². The molecule has 1 aromatic heterocycles. The van der Waals surface area contributed by atoms with Crippen LogP contribution >= 0.6 is 22.9 Å². The lowest BCUT2D eigenvalue weighted by Gasteiger charge is -2.58. The van der Waals surface area contributed by atoms with Crippen molar-refractivity contribution in [1.82, 2.24) is 0 Å². The van der Waals surface area contributed by atoms with Crippen molar-refractivity contribution in [2.75, 3.05) is 11.9 Å². The molecule has 0 unspecified atom stereocenters. The van der Waals surface area contributed by atoms with Crippen LogP contribution in [0.5, 0.6) is 0 Å². The Morgan fingerprint density at radius 3 is 2.50 bits per heavy atom. The number of thiophene rings is 1. The minimum absolute atomic E-state index is 0.00962. The second-order valence-corrected chi connectivity index (χ2v) is 16.5. The fraction of sp³-hybridized carbons (Fsp3) is 0.452. The number of amides is 1. The summed E-state index contributed by atoms with van der Waals surface area (Å²) in [6.45, 7) is 6.71. The van der Waals surface area contributed by atoms with E-state index in [0.29, 0.717) is 44.5 Å². The first-order valence-electron chi connectivity index (χ1n) is 18.1. The number of esters is 1. The van der Waals surface area contributed by atoms with E-state index in [0.717, 1.165) is 56.9 Å². The summed E-state index contributed by atoms with van der Waals surface area (Å²) in [5.74, 6) is 0.404. The van der Waals surface area contributed by atoms with Gasteiger partial charge < -0.3 is 15.2 Å². The van der Waals surface area contributed by atoms with Gasteiger partial charge in [0.2, 0.25) is 0 Å². The van der Waals surface area contributed by atoms with Crippen LogP contribution in [0.15, 0.2) is 77.2 Å². The Morgan fingerprint density at radius 2 is 1.76 bits per heavy atom. The van der Waals surface area contributed by atoms with Crippen LogP contribution in [0.1, 0.15) is 105 Å². The molecule has 0 aliphatic heterocycles. The highest BCUT2D eigenvalue weighted by Crippen LogP contribution is 2.68. The number of ketones is 1. The monoisotopic (exact) mass is 711 g/mol. The van der Waals surface area contributed by atoms with Gasteiger partial charge in [-0.1, -0.05) is 79.6 Å². The predicted molar refractivity (Wildman–Crippen MR) is 199 cm³/mol. The lowest BCUT2D eigenvalue weighted by Crippen LogP contribution is -2.50. The first kappa shape index (κ1) is 34.9. The Morgan fingerprint density at radius 1 is 1.00 bits per heavy atom. The Kier molecular flexibility index (Phi) is 9.70. The van der Waals surface area contributed by atoms with Gasteiger partial charge in [-0.15, -0.1) is 11.3 Å². The largest absolute Gasteiger partial charge is 0.462 e. The number of nitrogens with one attached hydrogen (secondary N) is 1. The average Bonchev–Trinajstić information content (AvgIpc) is 3.68. The van der Waals surface area contributed by atoms with Crippen molar-refractivity contribution in [3.8, 4) is 0 Å². The van der Waals surface area contributed by atoms with Crippen LogP contribution in [0.25, 0.3) is 6.08 Å². The van der Waals surface area contributed by atoms with Crippen LogP contribution in [-0.4, -0.2) is 35.5 Å². The molecule has 8 heteroatoms. The summed E-state index contributed by atoms with van der Waals surface area (Å²) in [7, 11) is 0. The molecule has 1 amide bonds. The number of carbonyl (C=O) groups excluding carboxylic acids is 3. The summed E-state index contributed by atoms with van der Waals surface area (Å²) in [5.41, 5.74) is 4.20. The first-order chi connectivity index (χ1) is 24.0. The fourth-order valence-corrected chi connectivity index (χ4v) is 11.3. The summed E-state index contributed by atoms with van der Waals surface area (Å²) >= 11 is 7.43. The smallest absolute Gasteiger partial charge is 0.343 e. The van der Waals surface area contributed by atoms with Crippen molar-refractivity contribution in [2.24, 2.45) is 28.6 Å². The van der Waals surface area contributed by atoms with Crippen molar-refractivity contribution in [3.05, 3.63) is 104 Å². The van der Waals surface area contributed by atoms with Crippen molar-refractivity contribution >= 4 is 51.7 Å². The van der Waals surface area contributed by atoms with E-state index in [2.05, 4.69) is 30.6 Å². The van der Waals surface area contributed by atoms with Crippen LogP contribution in [0, 0.1) is 28.6 Å². The summed E-state index contributed by atoms with van der Waals surface area (Å²) in [6.07, 6.45) is 11.9. The number of hydrogen-bond acceptors (Lipinski definition) is 6. The maximum Gasteiger partial charge on any atom is 0.343 e. The molecule has 6 nitrogen and oxygen atoms in total. The summed E-state index contributed by atoms with van der Waals surface area (Å²) in [5, 5.41) is 16.5. The van der Waals surface area contributed by atoms with E-state index in [1.807, 2.05) is 30.3 Å². The number of rotatable bonds is 8. The van der Waals surface area contributed by atoms with E-state index in [1.54, 1.807) is 31.2 Å². The molecule has 4 aliphatic carbocycles. The zero-order valence-corrected chi connectivity index (χ0v) is 30.6. The normalized spacial score (nSPS) is 30.4. The zero-order chi connectivity index (χ0) is 35.2. The summed E-state index contributed by atoms with van der Waals surface area (Å²) < 4.78 is 5.28. The molecule has 1 heterocycles. The van der Waals surface area contributed by atoms with E-state index >= 15 is 0 Å². The van der Waals surface area contributed by atoms with Crippen molar-refractivity contribution in [1.29, 1.82) is 0 Å². The van der Waals surface area contributed by atoms with Gasteiger partial charge in [0, 0.05) is 10.6 Å². The van der Waals surface area contributed by atoms with Crippen LogP contribution in [0.2, 0.25) is 5.02 Å². The molecule has 0 radical (unpaired) electrons. The van der Waals surface area contributed by atoms with Crippen LogP contribution in [0.3, 0.4) is 0 Å². The molecule has 2 aromatic carbocycles. The Balaban J connectivity index is 1.23. The lowest BCUT2D eigenvalue weighted by molar-refractivity contribution is -0.139. The molecule has 3 saturated carbocycles. The fourth-order valence-electron chi connectivity index (χ4n) is 10.2. The molecule has 50 heavy (non-hydrogen) atoms.